The number of amides is 1. The van der Waals surface area contributed by atoms with Crippen LogP contribution in [-0.2, 0) is 10.1 Å². The van der Waals surface area contributed by atoms with E-state index in [0.29, 0.717) is 5.56 Å². The molecular formula is C18H14N2O7S. The molecule has 0 aliphatic rings. The van der Waals surface area contributed by atoms with Crippen molar-refractivity contribution in [1.29, 1.82) is 0 Å². The summed E-state index contributed by atoms with van der Waals surface area (Å²) < 4.78 is 32.3. The summed E-state index contributed by atoms with van der Waals surface area (Å²) in [5.74, 6) is -1.25. The highest BCUT2D eigenvalue weighted by Gasteiger charge is 2.22. The van der Waals surface area contributed by atoms with E-state index in [2.05, 4.69) is 5.32 Å². The lowest BCUT2D eigenvalue weighted by Crippen LogP contribution is -2.14. The van der Waals surface area contributed by atoms with Gasteiger partial charge in [-0.25, -0.2) is 0 Å². The van der Waals surface area contributed by atoms with Gasteiger partial charge in [-0.3, -0.25) is 19.5 Å². The molecule has 3 rings (SSSR count). The Hall–Kier alpha value is -3.50. The molecule has 0 heterocycles. The first-order valence-corrected chi connectivity index (χ1v) is 9.32. The van der Waals surface area contributed by atoms with Crippen LogP contribution in [0.15, 0.2) is 53.4 Å². The van der Waals surface area contributed by atoms with E-state index in [-0.39, 0.29) is 27.7 Å². The minimum Gasteiger partial charge on any atom is -0.505 e. The molecule has 0 spiro atoms. The number of phenols is 1. The Bertz CT molecular complexity index is 1240. The van der Waals surface area contributed by atoms with Gasteiger partial charge in [-0.2, -0.15) is 8.42 Å². The molecule has 0 unspecified atom stereocenters. The van der Waals surface area contributed by atoms with Crippen molar-refractivity contribution in [3.8, 4) is 5.75 Å². The summed E-state index contributed by atoms with van der Waals surface area (Å²) >= 11 is 0. The number of aryl methyl sites for hydroxylation is 1. The molecule has 144 valence electrons. The van der Waals surface area contributed by atoms with E-state index in [0.717, 1.165) is 0 Å². The van der Waals surface area contributed by atoms with Gasteiger partial charge in [-0.15, -0.1) is 0 Å². The molecule has 9 nitrogen and oxygen atoms in total. The number of nitrogens with one attached hydrogen (secondary N) is 1. The molecule has 3 aromatic carbocycles. The predicted molar refractivity (Wildman–Crippen MR) is 101 cm³/mol. The zero-order chi connectivity index (χ0) is 20.6. The number of nitro benzene ring substituents is 1. The number of fused-ring (bicyclic) bond motifs is 1. The van der Waals surface area contributed by atoms with E-state index < -0.39 is 31.6 Å². The van der Waals surface area contributed by atoms with E-state index in [9.17, 15) is 33.0 Å². The van der Waals surface area contributed by atoms with Gasteiger partial charge in [0.2, 0.25) is 0 Å². The summed E-state index contributed by atoms with van der Waals surface area (Å²) in [4.78, 5) is 22.6. The Kier molecular flexibility index (Phi) is 4.75. The molecule has 28 heavy (non-hydrogen) atoms. The molecule has 3 aromatic rings. The third-order valence-electron chi connectivity index (χ3n) is 4.11. The molecule has 0 aliphatic heterocycles. The number of hydrogen-bond donors (Lipinski definition) is 3. The van der Waals surface area contributed by atoms with Crippen LogP contribution < -0.4 is 5.32 Å². The molecular weight excluding hydrogens is 388 g/mol. The number of carbonyl (C=O) groups excluding carboxylic acids is 1. The first kappa shape index (κ1) is 19.3. The molecule has 0 atom stereocenters. The van der Waals surface area contributed by atoms with Gasteiger partial charge in [0.05, 0.1) is 10.6 Å². The molecule has 0 fully saturated rings. The number of nitrogens with zero attached hydrogens (tertiary/aromatic N) is 1. The molecule has 0 bridgehead atoms. The van der Waals surface area contributed by atoms with E-state index in [1.165, 1.54) is 42.5 Å². The monoisotopic (exact) mass is 402 g/mol. The molecule has 10 heteroatoms. The van der Waals surface area contributed by atoms with Crippen molar-refractivity contribution in [3.05, 3.63) is 69.8 Å². The average molecular weight is 402 g/mol. The van der Waals surface area contributed by atoms with Crippen molar-refractivity contribution in [1.82, 2.24) is 0 Å². The summed E-state index contributed by atoms with van der Waals surface area (Å²) in [6, 6.07) is 10.5. The molecule has 3 N–H and O–H groups in total. The standard InChI is InChI=1S/C18H14N2O7S/c1-10-5-6-13(15(9-10)20(23)24)18(22)19-14-8-7-11-12(17(14)21)3-2-4-16(11)28(25,26)27/h2-9,21H,1H3,(H,19,22)(H,25,26,27). The molecule has 1 amide bonds. The fourth-order valence-corrected chi connectivity index (χ4v) is 3.52. The van der Waals surface area contributed by atoms with Gasteiger partial charge in [0.15, 0.2) is 0 Å². The minimum atomic E-state index is -4.52. The maximum atomic E-state index is 12.5. The van der Waals surface area contributed by atoms with Crippen LogP contribution in [0.5, 0.6) is 5.75 Å². The van der Waals surface area contributed by atoms with Crippen molar-refractivity contribution in [2.24, 2.45) is 0 Å². The number of phenolic OH excluding ortho intramolecular Hbond substituents is 1. The SMILES string of the molecule is Cc1ccc(C(=O)Nc2ccc3c(S(=O)(=O)O)cccc3c2O)c([N+](=O)[O-])c1. The van der Waals surface area contributed by atoms with E-state index >= 15 is 0 Å². The van der Waals surface area contributed by atoms with Crippen LogP contribution in [0.2, 0.25) is 0 Å². The zero-order valence-corrected chi connectivity index (χ0v) is 15.2. The smallest absolute Gasteiger partial charge is 0.295 e. The third kappa shape index (κ3) is 3.50. The fraction of sp³-hybridized carbons (Fsp3) is 0.0556. The van der Waals surface area contributed by atoms with Gasteiger partial charge in [-0.05, 0) is 30.7 Å². The molecule has 0 saturated carbocycles. The zero-order valence-electron chi connectivity index (χ0n) is 14.4. The fourth-order valence-electron chi connectivity index (χ4n) is 2.81. The summed E-state index contributed by atoms with van der Waals surface area (Å²) in [6.07, 6.45) is 0. The Morgan fingerprint density at radius 2 is 1.82 bits per heavy atom. The third-order valence-corrected chi connectivity index (χ3v) is 5.03. The largest absolute Gasteiger partial charge is 0.505 e. The van der Waals surface area contributed by atoms with E-state index in [1.807, 2.05) is 0 Å². The predicted octanol–water partition coefficient (Wildman–Crippen LogP) is 3.26. The van der Waals surface area contributed by atoms with Crippen LogP contribution >= 0.6 is 0 Å². The Balaban J connectivity index is 2.06. The summed E-state index contributed by atoms with van der Waals surface area (Å²) in [5, 5.41) is 24.2. The number of anilines is 1. The Labute approximate surface area is 159 Å². The summed E-state index contributed by atoms with van der Waals surface area (Å²) in [7, 11) is -4.52. The Morgan fingerprint density at radius 1 is 1.11 bits per heavy atom. The first-order chi connectivity index (χ1) is 13.1. The van der Waals surface area contributed by atoms with Gasteiger partial charge in [0, 0.05) is 16.8 Å². The van der Waals surface area contributed by atoms with Gasteiger partial charge < -0.3 is 10.4 Å². The van der Waals surface area contributed by atoms with E-state index in [1.54, 1.807) is 13.0 Å². The lowest BCUT2D eigenvalue weighted by molar-refractivity contribution is -0.385. The number of aromatic hydroxyl groups is 1. The molecule has 0 saturated heterocycles. The molecule has 0 aromatic heterocycles. The molecule has 0 aliphatic carbocycles. The number of nitro groups is 1. The second kappa shape index (κ2) is 6.91. The Morgan fingerprint density at radius 3 is 2.46 bits per heavy atom. The second-order valence-electron chi connectivity index (χ2n) is 6.02. The maximum Gasteiger partial charge on any atom is 0.295 e. The van der Waals surface area contributed by atoms with Crippen LogP contribution in [0.4, 0.5) is 11.4 Å². The number of rotatable bonds is 4. The minimum absolute atomic E-state index is 0.0572. The van der Waals surface area contributed by atoms with Crippen LogP contribution in [0.25, 0.3) is 10.8 Å². The normalized spacial score (nSPS) is 11.4. The highest BCUT2D eigenvalue weighted by molar-refractivity contribution is 7.86. The van der Waals surface area contributed by atoms with Crippen molar-refractivity contribution >= 4 is 38.2 Å². The van der Waals surface area contributed by atoms with Crippen LogP contribution in [0.1, 0.15) is 15.9 Å². The molecule has 0 radical (unpaired) electrons. The second-order valence-corrected chi connectivity index (χ2v) is 7.41. The van der Waals surface area contributed by atoms with Gasteiger partial charge in [0.25, 0.3) is 21.7 Å². The lowest BCUT2D eigenvalue weighted by Gasteiger charge is -2.11. The van der Waals surface area contributed by atoms with Crippen LogP contribution in [-0.4, -0.2) is 28.9 Å². The van der Waals surface area contributed by atoms with Gasteiger partial charge in [0.1, 0.15) is 16.2 Å². The van der Waals surface area contributed by atoms with Crippen molar-refractivity contribution in [3.63, 3.8) is 0 Å². The maximum absolute atomic E-state index is 12.5. The lowest BCUT2D eigenvalue weighted by atomic mass is 10.1. The highest BCUT2D eigenvalue weighted by atomic mass is 32.2. The van der Waals surface area contributed by atoms with Crippen molar-refractivity contribution in [2.75, 3.05) is 5.32 Å². The highest BCUT2D eigenvalue weighted by Crippen LogP contribution is 2.36. The number of benzene rings is 3. The van der Waals surface area contributed by atoms with E-state index in [4.69, 9.17) is 0 Å². The number of hydrogen-bond acceptors (Lipinski definition) is 6. The summed E-state index contributed by atoms with van der Waals surface area (Å²) in [6.45, 7) is 1.65. The topological polar surface area (TPSA) is 147 Å². The summed E-state index contributed by atoms with van der Waals surface area (Å²) in [5.41, 5.74) is -0.0392. The quantitative estimate of drug-likeness (QED) is 0.263. The van der Waals surface area contributed by atoms with Gasteiger partial charge in [-0.1, -0.05) is 24.3 Å². The average Bonchev–Trinajstić information content (AvgIpc) is 2.62. The van der Waals surface area contributed by atoms with Crippen LogP contribution in [0.3, 0.4) is 0 Å². The number of carbonyl (C=O) groups is 1. The first-order valence-electron chi connectivity index (χ1n) is 7.88. The van der Waals surface area contributed by atoms with Crippen molar-refractivity contribution < 1.29 is 27.8 Å². The van der Waals surface area contributed by atoms with Crippen molar-refractivity contribution in [2.45, 2.75) is 11.8 Å². The van der Waals surface area contributed by atoms with Gasteiger partial charge >= 0.3 is 0 Å². The van der Waals surface area contributed by atoms with Crippen LogP contribution in [0, 0.1) is 17.0 Å².